The Morgan fingerprint density at radius 2 is 2.00 bits per heavy atom. The second-order valence-electron chi connectivity index (χ2n) is 4.96. The van der Waals surface area contributed by atoms with Crippen LogP contribution < -0.4 is 0 Å². The molecule has 0 saturated carbocycles. The van der Waals surface area contributed by atoms with Gasteiger partial charge >= 0.3 is 0 Å². The lowest BCUT2D eigenvalue weighted by molar-refractivity contribution is -0.131. The van der Waals surface area contributed by atoms with Crippen molar-refractivity contribution >= 4 is 17.2 Å². The number of nitrogens with zero attached hydrogens (tertiary/aromatic N) is 2. The predicted octanol–water partition coefficient (Wildman–Crippen LogP) is 3.61. The van der Waals surface area contributed by atoms with Crippen molar-refractivity contribution < 1.29 is 4.79 Å². The van der Waals surface area contributed by atoms with Crippen molar-refractivity contribution in [2.24, 2.45) is 0 Å². The summed E-state index contributed by atoms with van der Waals surface area (Å²) >= 11 is 1.59. The van der Waals surface area contributed by atoms with Gasteiger partial charge in [-0.05, 0) is 20.8 Å². The van der Waals surface area contributed by atoms with Gasteiger partial charge in [-0.15, -0.1) is 11.3 Å². The molecule has 0 unspecified atom stereocenters. The van der Waals surface area contributed by atoms with E-state index >= 15 is 0 Å². The molecule has 0 saturated heterocycles. The molecule has 2 aromatic rings. The zero-order chi connectivity index (χ0) is 14.5. The van der Waals surface area contributed by atoms with Crippen LogP contribution in [0.4, 0.5) is 0 Å². The van der Waals surface area contributed by atoms with Gasteiger partial charge in [0, 0.05) is 23.5 Å². The zero-order valence-corrected chi connectivity index (χ0v) is 13.0. The van der Waals surface area contributed by atoms with Crippen molar-refractivity contribution in [2.45, 2.75) is 33.2 Å². The Kier molecular flexibility index (Phi) is 4.90. The summed E-state index contributed by atoms with van der Waals surface area (Å²) in [5, 5.41) is 2.95. The normalized spacial score (nSPS) is 10.8. The minimum absolute atomic E-state index is 0.146. The first-order valence-corrected chi connectivity index (χ1v) is 7.79. The van der Waals surface area contributed by atoms with Gasteiger partial charge in [0.15, 0.2) is 0 Å². The molecule has 2 rings (SSSR count). The van der Waals surface area contributed by atoms with Crippen molar-refractivity contribution in [2.75, 3.05) is 6.54 Å². The van der Waals surface area contributed by atoms with Crippen molar-refractivity contribution in [3.63, 3.8) is 0 Å². The third-order valence-electron chi connectivity index (χ3n) is 3.19. The summed E-state index contributed by atoms with van der Waals surface area (Å²) in [5.74, 6) is 0.146. The number of carbonyl (C=O) groups is 1. The molecule has 3 nitrogen and oxygen atoms in total. The van der Waals surface area contributed by atoms with Crippen molar-refractivity contribution in [1.82, 2.24) is 9.88 Å². The largest absolute Gasteiger partial charge is 0.340 e. The van der Waals surface area contributed by atoms with E-state index in [0.717, 1.165) is 22.8 Å². The van der Waals surface area contributed by atoms with E-state index in [9.17, 15) is 4.79 Å². The molecule has 0 N–H and O–H groups in total. The van der Waals surface area contributed by atoms with Gasteiger partial charge in [-0.1, -0.05) is 30.3 Å². The molecule has 106 valence electrons. The Labute approximate surface area is 124 Å². The molecule has 0 fully saturated rings. The molecule has 4 heteroatoms. The molecular formula is C16H20N2OS. The van der Waals surface area contributed by atoms with Gasteiger partial charge in [0.2, 0.25) is 5.91 Å². The van der Waals surface area contributed by atoms with Crippen molar-refractivity contribution in [1.29, 1.82) is 0 Å². The fourth-order valence-electron chi connectivity index (χ4n) is 2.19. The first-order chi connectivity index (χ1) is 9.61. The minimum Gasteiger partial charge on any atom is -0.340 e. The number of rotatable bonds is 5. The molecule has 0 aliphatic heterocycles. The molecule has 20 heavy (non-hydrogen) atoms. The Hall–Kier alpha value is -1.68. The number of benzene rings is 1. The van der Waals surface area contributed by atoms with Gasteiger partial charge in [-0.3, -0.25) is 4.79 Å². The van der Waals surface area contributed by atoms with Crippen LogP contribution in [0.15, 0.2) is 35.7 Å². The zero-order valence-electron chi connectivity index (χ0n) is 12.2. The second kappa shape index (κ2) is 6.66. The topological polar surface area (TPSA) is 33.2 Å². The van der Waals surface area contributed by atoms with E-state index in [1.807, 2.05) is 61.4 Å². The molecule has 0 bridgehead atoms. The summed E-state index contributed by atoms with van der Waals surface area (Å²) in [4.78, 5) is 18.7. The molecule has 0 radical (unpaired) electrons. The number of carbonyl (C=O) groups excluding carboxylic acids is 1. The lowest BCUT2D eigenvalue weighted by Crippen LogP contribution is -2.37. The maximum absolute atomic E-state index is 12.2. The number of likely N-dealkylation sites (N-methyl/N-ethyl adjacent to an activating group) is 1. The van der Waals surface area contributed by atoms with Crippen molar-refractivity contribution in [3.05, 3.63) is 41.4 Å². The lowest BCUT2D eigenvalue weighted by Gasteiger charge is -2.24. The smallest absolute Gasteiger partial charge is 0.228 e. The molecule has 0 aliphatic carbocycles. The Balaban J connectivity index is 2.08. The summed E-state index contributed by atoms with van der Waals surface area (Å²) in [6.07, 6.45) is 0.384. The average molecular weight is 288 g/mol. The van der Waals surface area contributed by atoms with Gasteiger partial charge in [-0.2, -0.15) is 0 Å². The monoisotopic (exact) mass is 288 g/mol. The number of thiazole rings is 1. The van der Waals surface area contributed by atoms with E-state index in [2.05, 4.69) is 4.98 Å². The maximum atomic E-state index is 12.2. The van der Waals surface area contributed by atoms with Gasteiger partial charge < -0.3 is 4.90 Å². The minimum atomic E-state index is 0.146. The maximum Gasteiger partial charge on any atom is 0.228 e. The van der Waals surface area contributed by atoms with Crippen LogP contribution in [0, 0.1) is 0 Å². The molecule has 1 aromatic heterocycles. The lowest BCUT2D eigenvalue weighted by atomic mass is 10.2. The number of amides is 1. The average Bonchev–Trinajstić information content (AvgIpc) is 2.88. The second-order valence-corrected chi connectivity index (χ2v) is 5.82. The van der Waals surface area contributed by atoms with Crippen LogP contribution in [0.25, 0.3) is 10.6 Å². The molecule has 0 atom stereocenters. The highest BCUT2D eigenvalue weighted by Gasteiger charge is 2.16. The predicted molar refractivity (Wildman–Crippen MR) is 83.8 cm³/mol. The Bertz CT molecular complexity index is 563. The fraction of sp³-hybridized carbons (Fsp3) is 0.375. The van der Waals surface area contributed by atoms with E-state index in [-0.39, 0.29) is 11.9 Å². The van der Waals surface area contributed by atoms with Crippen LogP contribution in [0.2, 0.25) is 0 Å². The SMILES string of the molecule is CCN(C(=O)Cc1csc(-c2ccccc2)n1)C(C)C. The fourth-order valence-corrected chi connectivity index (χ4v) is 3.01. The van der Waals surface area contributed by atoms with Crippen LogP contribution in [0.5, 0.6) is 0 Å². The Morgan fingerprint density at radius 1 is 1.30 bits per heavy atom. The number of hydrogen-bond donors (Lipinski definition) is 0. The van der Waals surface area contributed by atoms with Crippen LogP contribution in [-0.2, 0) is 11.2 Å². The van der Waals surface area contributed by atoms with Crippen LogP contribution >= 0.6 is 11.3 Å². The van der Waals surface area contributed by atoms with E-state index < -0.39 is 0 Å². The number of hydrogen-bond acceptors (Lipinski definition) is 3. The quantitative estimate of drug-likeness (QED) is 0.842. The highest BCUT2D eigenvalue weighted by Crippen LogP contribution is 2.23. The first kappa shape index (κ1) is 14.7. The third-order valence-corrected chi connectivity index (χ3v) is 4.13. The van der Waals surface area contributed by atoms with Crippen molar-refractivity contribution in [3.8, 4) is 10.6 Å². The standard InChI is InChI=1S/C16H20N2OS/c1-4-18(12(2)3)15(19)10-14-11-20-16(17-14)13-8-6-5-7-9-13/h5-9,11-12H,4,10H2,1-3H3. The summed E-state index contributed by atoms with van der Waals surface area (Å²) in [7, 11) is 0. The van der Waals surface area contributed by atoms with Gasteiger partial charge in [-0.25, -0.2) is 4.98 Å². The summed E-state index contributed by atoms with van der Waals surface area (Å²) in [6.45, 7) is 6.83. The molecule has 1 amide bonds. The third kappa shape index (κ3) is 3.45. The molecule has 0 aliphatic rings. The van der Waals surface area contributed by atoms with Gasteiger partial charge in [0.1, 0.15) is 5.01 Å². The summed E-state index contributed by atoms with van der Waals surface area (Å²) < 4.78 is 0. The van der Waals surface area contributed by atoms with Gasteiger partial charge in [0.05, 0.1) is 12.1 Å². The first-order valence-electron chi connectivity index (χ1n) is 6.91. The van der Waals surface area contributed by atoms with Crippen LogP contribution in [0.3, 0.4) is 0 Å². The Morgan fingerprint density at radius 3 is 2.60 bits per heavy atom. The van der Waals surface area contributed by atoms with E-state index in [0.29, 0.717) is 6.42 Å². The van der Waals surface area contributed by atoms with E-state index in [1.54, 1.807) is 11.3 Å². The highest BCUT2D eigenvalue weighted by atomic mass is 32.1. The van der Waals surface area contributed by atoms with E-state index in [4.69, 9.17) is 0 Å². The van der Waals surface area contributed by atoms with E-state index in [1.165, 1.54) is 0 Å². The van der Waals surface area contributed by atoms with Crippen LogP contribution in [-0.4, -0.2) is 28.4 Å². The highest BCUT2D eigenvalue weighted by molar-refractivity contribution is 7.13. The number of aromatic nitrogens is 1. The van der Waals surface area contributed by atoms with Gasteiger partial charge in [0.25, 0.3) is 0 Å². The molecule has 0 spiro atoms. The molecular weight excluding hydrogens is 268 g/mol. The molecule has 1 heterocycles. The molecule has 1 aromatic carbocycles. The summed E-state index contributed by atoms with van der Waals surface area (Å²) in [5.41, 5.74) is 1.96. The summed E-state index contributed by atoms with van der Waals surface area (Å²) in [6, 6.07) is 10.3. The van der Waals surface area contributed by atoms with Crippen LogP contribution in [0.1, 0.15) is 26.5 Å².